The summed E-state index contributed by atoms with van der Waals surface area (Å²) < 4.78 is 26.4. The molecule has 2 aromatic carbocycles. The number of rotatable bonds is 2. The summed E-state index contributed by atoms with van der Waals surface area (Å²) in [5.41, 5.74) is 8.21. The maximum Gasteiger partial charge on any atom is 0.258 e. The van der Waals surface area contributed by atoms with Gasteiger partial charge in [-0.05, 0) is 49.2 Å². The molecule has 0 aliphatic heterocycles. The van der Waals surface area contributed by atoms with Crippen LogP contribution in [0, 0.1) is 25.5 Å². The summed E-state index contributed by atoms with van der Waals surface area (Å²) in [4.78, 5) is 12.0. The van der Waals surface area contributed by atoms with Gasteiger partial charge in [0.05, 0.1) is 5.56 Å². The normalized spacial score (nSPS) is 10.4. The van der Waals surface area contributed by atoms with Crippen molar-refractivity contribution >= 4 is 17.3 Å². The summed E-state index contributed by atoms with van der Waals surface area (Å²) in [6.07, 6.45) is 0. The maximum atomic E-state index is 13.5. The highest BCUT2D eigenvalue weighted by Crippen LogP contribution is 2.24. The van der Waals surface area contributed by atoms with Gasteiger partial charge >= 0.3 is 0 Å². The molecule has 0 atom stereocenters. The van der Waals surface area contributed by atoms with Gasteiger partial charge < -0.3 is 11.1 Å². The molecule has 0 heterocycles. The summed E-state index contributed by atoms with van der Waals surface area (Å²) in [5, 5.41) is 2.63. The van der Waals surface area contributed by atoms with E-state index in [4.69, 9.17) is 5.73 Å². The molecule has 0 aromatic heterocycles. The first-order valence-corrected chi connectivity index (χ1v) is 6.01. The number of aryl methyl sites for hydroxylation is 2. The van der Waals surface area contributed by atoms with Crippen LogP contribution in [0.4, 0.5) is 20.2 Å². The molecule has 5 heteroatoms. The number of hydrogen-bond donors (Lipinski definition) is 2. The molecule has 104 valence electrons. The van der Waals surface area contributed by atoms with Gasteiger partial charge in [0.1, 0.15) is 11.6 Å². The number of amides is 1. The van der Waals surface area contributed by atoms with Crippen LogP contribution < -0.4 is 11.1 Å². The highest BCUT2D eigenvalue weighted by Gasteiger charge is 2.14. The zero-order chi connectivity index (χ0) is 14.9. The van der Waals surface area contributed by atoms with Crippen LogP contribution in [-0.4, -0.2) is 5.91 Å². The van der Waals surface area contributed by atoms with Crippen LogP contribution in [0.15, 0.2) is 30.3 Å². The predicted octanol–water partition coefficient (Wildman–Crippen LogP) is 3.42. The van der Waals surface area contributed by atoms with Crippen LogP contribution in [0.3, 0.4) is 0 Å². The SMILES string of the molecule is Cc1cc(N)cc(C)c1NC(=O)c1ccc(F)cc1F. The Bertz CT molecular complexity index is 661. The van der Waals surface area contributed by atoms with Crippen molar-refractivity contribution in [3.8, 4) is 0 Å². The highest BCUT2D eigenvalue weighted by molar-refractivity contribution is 6.05. The van der Waals surface area contributed by atoms with E-state index in [0.717, 1.165) is 23.3 Å². The third kappa shape index (κ3) is 2.77. The van der Waals surface area contributed by atoms with Crippen molar-refractivity contribution in [3.63, 3.8) is 0 Å². The van der Waals surface area contributed by atoms with E-state index < -0.39 is 17.5 Å². The molecule has 2 aromatic rings. The van der Waals surface area contributed by atoms with Gasteiger partial charge in [0, 0.05) is 17.4 Å². The van der Waals surface area contributed by atoms with E-state index in [9.17, 15) is 13.6 Å². The summed E-state index contributed by atoms with van der Waals surface area (Å²) in [6.45, 7) is 3.58. The number of nitrogen functional groups attached to an aromatic ring is 1. The second-order valence-corrected chi connectivity index (χ2v) is 4.61. The molecule has 3 N–H and O–H groups in total. The second-order valence-electron chi connectivity index (χ2n) is 4.61. The topological polar surface area (TPSA) is 55.1 Å². The summed E-state index contributed by atoms with van der Waals surface area (Å²) in [6, 6.07) is 6.26. The number of benzene rings is 2. The predicted molar refractivity (Wildman–Crippen MR) is 74.6 cm³/mol. The van der Waals surface area contributed by atoms with Gasteiger partial charge in [-0.25, -0.2) is 8.78 Å². The van der Waals surface area contributed by atoms with Gasteiger partial charge in [-0.15, -0.1) is 0 Å². The van der Waals surface area contributed by atoms with Gasteiger partial charge in [0.25, 0.3) is 5.91 Å². The van der Waals surface area contributed by atoms with Crippen molar-refractivity contribution in [1.82, 2.24) is 0 Å². The molecule has 20 heavy (non-hydrogen) atoms. The Morgan fingerprint density at radius 2 is 1.70 bits per heavy atom. The van der Waals surface area contributed by atoms with Crippen molar-refractivity contribution < 1.29 is 13.6 Å². The zero-order valence-corrected chi connectivity index (χ0v) is 11.1. The van der Waals surface area contributed by atoms with Gasteiger partial charge in [-0.1, -0.05) is 0 Å². The standard InChI is InChI=1S/C15H14F2N2O/c1-8-5-11(18)6-9(2)14(8)19-15(20)12-4-3-10(16)7-13(12)17/h3-7H,18H2,1-2H3,(H,19,20). The van der Waals surface area contributed by atoms with E-state index in [1.807, 2.05) is 0 Å². The maximum absolute atomic E-state index is 13.5. The Hall–Kier alpha value is -2.43. The molecule has 0 spiro atoms. The van der Waals surface area contributed by atoms with Crippen LogP contribution in [0.2, 0.25) is 0 Å². The van der Waals surface area contributed by atoms with Gasteiger partial charge in [-0.2, -0.15) is 0 Å². The van der Waals surface area contributed by atoms with Gasteiger partial charge in [0.15, 0.2) is 0 Å². The Morgan fingerprint density at radius 1 is 1.10 bits per heavy atom. The number of carbonyl (C=O) groups excluding carboxylic acids is 1. The van der Waals surface area contributed by atoms with Crippen LogP contribution in [0.5, 0.6) is 0 Å². The summed E-state index contributed by atoms with van der Waals surface area (Å²) in [5.74, 6) is -2.24. The highest BCUT2D eigenvalue weighted by atomic mass is 19.1. The van der Waals surface area contributed by atoms with Crippen LogP contribution in [0.25, 0.3) is 0 Å². The first kappa shape index (κ1) is 14.0. The minimum absolute atomic E-state index is 0.206. The van der Waals surface area contributed by atoms with Crippen molar-refractivity contribution in [3.05, 3.63) is 58.7 Å². The fraction of sp³-hybridized carbons (Fsp3) is 0.133. The number of nitrogens with one attached hydrogen (secondary N) is 1. The second kappa shape index (κ2) is 5.28. The van der Waals surface area contributed by atoms with E-state index >= 15 is 0 Å². The third-order valence-electron chi connectivity index (χ3n) is 2.97. The Balaban J connectivity index is 2.33. The molecule has 1 amide bonds. The van der Waals surface area contributed by atoms with Crippen LogP contribution in [-0.2, 0) is 0 Å². The average molecular weight is 276 g/mol. The van der Waals surface area contributed by atoms with Crippen molar-refractivity contribution in [2.75, 3.05) is 11.1 Å². The fourth-order valence-electron chi connectivity index (χ4n) is 2.05. The van der Waals surface area contributed by atoms with E-state index in [-0.39, 0.29) is 5.56 Å². The molecule has 2 rings (SSSR count). The van der Waals surface area contributed by atoms with E-state index in [1.165, 1.54) is 0 Å². The molecule has 0 unspecified atom stereocenters. The molecule has 0 fully saturated rings. The van der Waals surface area contributed by atoms with Crippen molar-refractivity contribution in [1.29, 1.82) is 0 Å². The van der Waals surface area contributed by atoms with Crippen LogP contribution >= 0.6 is 0 Å². The number of halogens is 2. The first-order chi connectivity index (χ1) is 9.38. The fourth-order valence-corrected chi connectivity index (χ4v) is 2.05. The van der Waals surface area contributed by atoms with E-state index in [2.05, 4.69) is 5.32 Å². The Kier molecular flexibility index (Phi) is 3.70. The first-order valence-electron chi connectivity index (χ1n) is 6.01. The molecule has 0 bridgehead atoms. The van der Waals surface area contributed by atoms with Crippen LogP contribution in [0.1, 0.15) is 21.5 Å². The van der Waals surface area contributed by atoms with E-state index in [1.54, 1.807) is 26.0 Å². The molecule has 0 aliphatic carbocycles. The lowest BCUT2D eigenvalue weighted by atomic mass is 10.1. The summed E-state index contributed by atoms with van der Waals surface area (Å²) in [7, 11) is 0. The third-order valence-corrected chi connectivity index (χ3v) is 2.97. The van der Waals surface area contributed by atoms with Gasteiger partial charge in [-0.3, -0.25) is 4.79 Å². The largest absolute Gasteiger partial charge is 0.399 e. The average Bonchev–Trinajstić information content (AvgIpc) is 2.33. The monoisotopic (exact) mass is 276 g/mol. The number of hydrogen-bond acceptors (Lipinski definition) is 2. The molecular weight excluding hydrogens is 262 g/mol. The molecule has 0 radical (unpaired) electrons. The molecule has 3 nitrogen and oxygen atoms in total. The lowest BCUT2D eigenvalue weighted by Crippen LogP contribution is -2.15. The molecule has 0 saturated carbocycles. The van der Waals surface area contributed by atoms with Gasteiger partial charge in [0.2, 0.25) is 0 Å². The summed E-state index contributed by atoms with van der Waals surface area (Å²) >= 11 is 0. The lowest BCUT2D eigenvalue weighted by Gasteiger charge is -2.13. The molecular formula is C15H14F2N2O. The smallest absolute Gasteiger partial charge is 0.258 e. The zero-order valence-electron chi connectivity index (χ0n) is 11.1. The lowest BCUT2D eigenvalue weighted by molar-refractivity contribution is 0.102. The minimum atomic E-state index is -0.895. The van der Waals surface area contributed by atoms with E-state index in [0.29, 0.717) is 17.4 Å². The molecule has 0 saturated heterocycles. The van der Waals surface area contributed by atoms with Crippen molar-refractivity contribution in [2.45, 2.75) is 13.8 Å². The quantitative estimate of drug-likeness (QED) is 0.826. The number of carbonyl (C=O) groups is 1. The van der Waals surface area contributed by atoms with Crippen molar-refractivity contribution in [2.24, 2.45) is 0 Å². The minimum Gasteiger partial charge on any atom is -0.399 e. The Labute approximate surface area is 115 Å². The number of anilines is 2. The number of nitrogens with two attached hydrogens (primary N) is 1. The molecule has 0 aliphatic rings. The Morgan fingerprint density at radius 3 is 2.25 bits per heavy atom.